The van der Waals surface area contributed by atoms with E-state index in [1.54, 1.807) is 0 Å². The zero-order valence-corrected chi connectivity index (χ0v) is 8.84. The van der Waals surface area contributed by atoms with Crippen LogP contribution < -0.4 is 0 Å². The van der Waals surface area contributed by atoms with Gasteiger partial charge in [0.25, 0.3) is 0 Å². The van der Waals surface area contributed by atoms with Crippen molar-refractivity contribution in [3.63, 3.8) is 0 Å². The Morgan fingerprint density at radius 2 is 1.62 bits per heavy atom. The second-order valence-corrected chi connectivity index (χ2v) is 4.85. The maximum absolute atomic E-state index is 2.39. The third-order valence-corrected chi connectivity index (χ3v) is 4.15. The van der Waals surface area contributed by atoms with Crippen LogP contribution in [0.1, 0.15) is 45.4 Å². The molecular weight excluding hydrogens is 155 g/mol. The van der Waals surface area contributed by atoms with E-state index in [1.807, 2.05) is 0 Å². The minimum atomic E-state index is 1.05. The molecule has 2 saturated heterocycles. The van der Waals surface area contributed by atoms with E-state index >= 15 is 0 Å². The monoisotopic (exact) mass is 176 g/mol. The average Bonchev–Trinajstić information content (AvgIpc) is 2.14. The number of hydrogen-bond donors (Lipinski definition) is 0. The molecule has 0 aromatic carbocycles. The topological polar surface area (TPSA) is 0 Å². The zero-order valence-electron chi connectivity index (χ0n) is 8.84. The fourth-order valence-corrected chi connectivity index (χ4v) is 3.49. The average molecular weight is 176 g/mol. The van der Waals surface area contributed by atoms with Gasteiger partial charge in [0.15, 0.2) is 0 Å². The summed E-state index contributed by atoms with van der Waals surface area (Å²) in [5, 5.41) is 0. The highest BCUT2D eigenvalue weighted by atomic mass is 14.2. The van der Waals surface area contributed by atoms with E-state index in [-0.39, 0.29) is 0 Å². The van der Waals surface area contributed by atoms with Crippen LogP contribution in [0.25, 0.3) is 0 Å². The molecule has 0 unspecified atom stereocenters. The Kier molecular flexibility index (Phi) is 3.13. The molecule has 1 heteroatoms. The Hall–Kier alpha value is -0.195. The standard InChI is InChI=1S/C12H21B/c1-2-3-10-13-11-6-4-7-12(13)9-5-8-11/h2-3,11-12H,4-10H2,1H3/b3-2+. The van der Waals surface area contributed by atoms with Crippen LogP contribution in [0, 0.1) is 0 Å². The van der Waals surface area contributed by atoms with Crippen LogP contribution >= 0.6 is 0 Å². The molecule has 0 atom stereocenters. The van der Waals surface area contributed by atoms with E-state index in [0.717, 1.165) is 18.3 Å². The summed E-state index contributed by atoms with van der Waals surface area (Å²) in [6, 6.07) is 0. The molecule has 0 N–H and O–H groups in total. The third-order valence-electron chi connectivity index (χ3n) is 4.15. The van der Waals surface area contributed by atoms with Crippen molar-refractivity contribution < 1.29 is 0 Å². The molecule has 2 aliphatic rings. The van der Waals surface area contributed by atoms with Gasteiger partial charge < -0.3 is 0 Å². The van der Waals surface area contributed by atoms with Gasteiger partial charge in [-0.05, 0) is 6.92 Å². The predicted molar refractivity (Wildman–Crippen MR) is 60.6 cm³/mol. The molecule has 0 nitrogen and oxygen atoms in total. The quantitative estimate of drug-likeness (QED) is 0.437. The lowest BCUT2D eigenvalue weighted by molar-refractivity contribution is 0.443. The smallest absolute Gasteiger partial charge is 0.0960 e. The Balaban J connectivity index is 1.98. The van der Waals surface area contributed by atoms with Crippen LogP contribution in [0.15, 0.2) is 12.2 Å². The van der Waals surface area contributed by atoms with Crippen molar-refractivity contribution in [3.05, 3.63) is 12.2 Å². The van der Waals surface area contributed by atoms with Crippen LogP contribution in [-0.4, -0.2) is 6.71 Å². The first-order chi connectivity index (χ1) is 6.42. The Bertz CT molecular complexity index is 164. The summed E-state index contributed by atoms with van der Waals surface area (Å²) in [6.45, 7) is 3.21. The summed E-state index contributed by atoms with van der Waals surface area (Å²) in [4.78, 5) is 0. The van der Waals surface area contributed by atoms with Crippen molar-refractivity contribution in [1.29, 1.82) is 0 Å². The fraction of sp³-hybridized carbons (Fsp3) is 0.833. The molecule has 0 saturated carbocycles. The Morgan fingerprint density at radius 3 is 2.08 bits per heavy atom. The number of rotatable bonds is 2. The van der Waals surface area contributed by atoms with Crippen LogP contribution in [0.4, 0.5) is 0 Å². The zero-order chi connectivity index (χ0) is 9.10. The van der Waals surface area contributed by atoms with E-state index < -0.39 is 0 Å². The van der Waals surface area contributed by atoms with E-state index in [1.165, 1.54) is 44.8 Å². The van der Waals surface area contributed by atoms with Gasteiger partial charge in [0.05, 0.1) is 0 Å². The van der Waals surface area contributed by atoms with Gasteiger partial charge in [-0.25, -0.2) is 0 Å². The highest BCUT2D eigenvalue weighted by Gasteiger charge is 2.37. The molecule has 2 aliphatic heterocycles. The molecule has 0 amide bonds. The molecule has 0 aromatic heterocycles. The Labute approximate surface area is 82.9 Å². The van der Waals surface area contributed by atoms with Gasteiger partial charge in [0.1, 0.15) is 6.71 Å². The SMILES string of the molecule is C/C=C/CB1C2CCCC1CCC2. The lowest BCUT2D eigenvalue weighted by atomic mass is 9.26. The number of allylic oxidation sites excluding steroid dienone is 2. The summed E-state index contributed by atoms with van der Waals surface area (Å²) in [6.07, 6.45) is 15.1. The molecule has 2 heterocycles. The van der Waals surface area contributed by atoms with Crippen molar-refractivity contribution in [2.45, 2.75) is 63.4 Å². The van der Waals surface area contributed by atoms with E-state index in [2.05, 4.69) is 19.1 Å². The van der Waals surface area contributed by atoms with Crippen LogP contribution in [-0.2, 0) is 0 Å². The van der Waals surface area contributed by atoms with Crippen molar-refractivity contribution >= 4 is 6.71 Å². The lowest BCUT2D eigenvalue weighted by Gasteiger charge is -2.40. The van der Waals surface area contributed by atoms with Gasteiger partial charge in [-0.15, -0.1) is 0 Å². The van der Waals surface area contributed by atoms with E-state index in [9.17, 15) is 0 Å². The van der Waals surface area contributed by atoms with E-state index in [4.69, 9.17) is 0 Å². The second kappa shape index (κ2) is 4.35. The van der Waals surface area contributed by atoms with Crippen molar-refractivity contribution in [3.8, 4) is 0 Å². The molecule has 13 heavy (non-hydrogen) atoms. The summed E-state index contributed by atoms with van der Waals surface area (Å²) >= 11 is 0. The van der Waals surface area contributed by atoms with Gasteiger partial charge in [-0.2, -0.15) is 0 Å². The largest absolute Gasteiger partial charge is 0.150 e. The Morgan fingerprint density at radius 1 is 1.08 bits per heavy atom. The van der Waals surface area contributed by atoms with Crippen LogP contribution in [0.5, 0.6) is 0 Å². The molecular formula is C12H21B. The number of fused-ring (bicyclic) bond motifs is 2. The van der Waals surface area contributed by atoms with Crippen molar-refractivity contribution in [1.82, 2.24) is 0 Å². The molecule has 2 rings (SSSR count). The summed E-state index contributed by atoms with van der Waals surface area (Å²) in [5.74, 6) is 2.17. The molecule has 0 aromatic rings. The normalized spacial score (nSPS) is 34.1. The van der Waals surface area contributed by atoms with Crippen molar-refractivity contribution in [2.24, 2.45) is 0 Å². The summed E-state index contributed by atoms with van der Waals surface area (Å²) in [5.41, 5.74) is 0. The summed E-state index contributed by atoms with van der Waals surface area (Å²) < 4.78 is 0. The first kappa shape index (κ1) is 9.36. The van der Waals surface area contributed by atoms with Gasteiger partial charge >= 0.3 is 0 Å². The molecule has 0 radical (unpaired) electrons. The third kappa shape index (κ3) is 2.00. The maximum atomic E-state index is 2.39. The molecule has 2 fully saturated rings. The fourth-order valence-electron chi connectivity index (χ4n) is 3.49. The molecule has 0 spiro atoms. The summed E-state index contributed by atoms with van der Waals surface area (Å²) in [7, 11) is 0. The highest BCUT2D eigenvalue weighted by Crippen LogP contribution is 2.47. The van der Waals surface area contributed by atoms with Gasteiger partial charge in [-0.1, -0.05) is 68.6 Å². The predicted octanol–water partition coefficient (Wildman–Crippen LogP) is 4.17. The minimum Gasteiger partial charge on any atom is -0.0960 e. The molecule has 0 aliphatic carbocycles. The van der Waals surface area contributed by atoms with Gasteiger partial charge in [0, 0.05) is 0 Å². The van der Waals surface area contributed by atoms with Crippen LogP contribution in [0.2, 0.25) is 18.0 Å². The number of hydrogen-bond acceptors (Lipinski definition) is 0. The van der Waals surface area contributed by atoms with Crippen molar-refractivity contribution in [2.75, 3.05) is 0 Å². The second-order valence-electron chi connectivity index (χ2n) is 4.85. The molecule has 72 valence electrons. The van der Waals surface area contributed by atoms with E-state index in [0.29, 0.717) is 0 Å². The van der Waals surface area contributed by atoms with Gasteiger partial charge in [0.2, 0.25) is 0 Å². The van der Waals surface area contributed by atoms with Crippen LogP contribution in [0.3, 0.4) is 0 Å². The first-order valence-electron chi connectivity index (χ1n) is 6.03. The van der Waals surface area contributed by atoms with Gasteiger partial charge in [-0.3, -0.25) is 0 Å². The minimum absolute atomic E-state index is 1.05. The maximum Gasteiger partial charge on any atom is 0.150 e. The highest BCUT2D eigenvalue weighted by molar-refractivity contribution is 6.63. The first-order valence-corrected chi connectivity index (χ1v) is 6.03. The lowest BCUT2D eigenvalue weighted by Crippen LogP contribution is -2.33. The molecule has 2 bridgehead atoms.